The van der Waals surface area contributed by atoms with E-state index in [1.54, 1.807) is 6.07 Å². The van der Waals surface area contributed by atoms with Crippen molar-refractivity contribution in [3.8, 4) is 0 Å². The maximum absolute atomic E-state index is 10.5. The number of H-pyrrole nitrogens is 1. The minimum absolute atomic E-state index is 0.0684. The third-order valence-electron chi connectivity index (χ3n) is 5.31. The normalized spacial score (nSPS) is 13.5. The Morgan fingerprint density at radius 1 is 0.862 bits per heavy atom. The highest BCUT2D eigenvalue weighted by atomic mass is 35.5. The van der Waals surface area contributed by atoms with Crippen molar-refractivity contribution in [2.45, 2.75) is 12.0 Å². The number of aliphatic hydroxyl groups is 1. The number of fused-ring (bicyclic) bond motifs is 1. The molecule has 3 aromatic carbocycles. The van der Waals surface area contributed by atoms with Crippen LogP contribution in [0.1, 0.15) is 28.7 Å². The van der Waals surface area contributed by atoms with Gasteiger partial charge in [-0.15, -0.1) is 0 Å². The van der Waals surface area contributed by atoms with Gasteiger partial charge in [-0.3, -0.25) is 0 Å². The third kappa shape index (κ3) is 4.49. The van der Waals surface area contributed by atoms with Crippen molar-refractivity contribution in [3.05, 3.63) is 106 Å². The summed E-state index contributed by atoms with van der Waals surface area (Å²) < 4.78 is 0. The molecule has 4 rings (SSSR count). The smallest absolute Gasteiger partial charge is 0.128 e. The van der Waals surface area contributed by atoms with E-state index >= 15 is 0 Å². The summed E-state index contributed by atoms with van der Waals surface area (Å²) >= 11 is 12.7. The summed E-state index contributed by atoms with van der Waals surface area (Å²) in [5.74, 6) is 0.0684. The molecule has 0 spiro atoms. The summed E-state index contributed by atoms with van der Waals surface area (Å²) in [6.45, 7) is 1.33. The number of para-hydroxylation sites is 1. The fourth-order valence-electron chi connectivity index (χ4n) is 3.82. The molecule has 2 atom stereocenters. The molecule has 0 aliphatic carbocycles. The van der Waals surface area contributed by atoms with E-state index in [1.165, 1.54) is 10.9 Å². The Morgan fingerprint density at radius 3 is 2.41 bits per heavy atom. The summed E-state index contributed by atoms with van der Waals surface area (Å²) in [5.41, 5.74) is 4.25. The minimum atomic E-state index is -0.513. The van der Waals surface area contributed by atoms with Crippen molar-refractivity contribution in [2.24, 2.45) is 0 Å². The van der Waals surface area contributed by atoms with Crippen LogP contribution >= 0.6 is 23.2 Å². The first-order valence-electron chi connectivity index (χ1n) is 9.69. The standard InChI is InChI=1S/C24H22Cl2N2O/c25-17-10-11-18(22(26)12-17)20(21-14-28-23-9-5-4-8-19(21)23)13-27-15-24(29)16-6-2-1-3-7-16/h1-12,14,20,24,27-29H,13,15H2/p+1/t20-,24-/m1/s1. The molecule has 4 aromatic rings. The maximum Gasteiger partial charge on any atom is 0.128 e. The number of nitrogens with two attached hydrogens (primary N) is 1. The third-order valence-corrected chi connectivity index (χ3v) is 5.87. The minimum Gasteiger partial charge on any atom is -0.382 e. The van der Waals surface area contributed by atoms with Gasteiger partial charge in [0.15, 0.2) is 0 Å². The first kappa shape index (κ1) is 20.0. The fourth-order valence-corrected chi connectivity index (χ4v) is 4.36. The monoisotopic (exact) mass is 425 g/mol. The number of nitrogens with one attached hydrogen (secondary N) is 1. The van der Waals surface area contributed by atoms with E-state index in [1.807, 2.05) is 54.6 Å². The highest BCUT2D eigenvalue weighted by Crippen LogP contribution is 2.34. The van der Waals surface area contributed by atoms with Gasteiger partial charge in [-0.05, 0) is 34.9 Å². The van der Waals surface area contributed by atoms with Gasteiger partial charge in [-0.25, -0.2) is 0 Å². The Kier molecular flexibility index (Phi) is 6.22. The Labute approximate surface area is 180 Å². The lowest BCUT2D eigenvalue weighted by atomic mass is 9.90. The number of aromatic amines is 1. The zero-order valence-corrected chi connectivity index (χ0v) is 17.4. The number of rotatable bonds is 7. The van der Waals surface area contributed by atoms with E-state index in [0.717, 1.165) is 23.2 Å². The van der Waals surface area contributed by atoms with Crippen LogP contribution in [-0.2, 0) is 0 Å². The second kappa shape index (κ2) is 9.02. The Balaban J connectivity index is 1.60. The lowest BCUT2D eigenvalue weighted by Crippen LogP contribution is -2.86. The van der Waals surface area contributed by atoms with Gasteiger partial charge in [0.25, 0.3) is 0 Å². The van der Waals surface area contributed by atoms with Crippen LogP contribution in [0.5, 0.6) is 0 Å². The number of aromatic nitrogens is 1. The number of hydrogen-bond donors (Lipinski definition) is 3. The van der Waals surface area contributed by atoms with E-state index in [4.69, 9.17) is 23.2 Å². The van der Waals surface area contributed by atoms with Crippen molar-refractivity contribution < 1.29 is 10.4 Å². The summed E-state index contributed by atoms with van der Waals surface area (Å²) in [5, 5.41) is 15.1. The molecular formula is C24H23Cl2N2O+. The Morgan fingerprint density at radius 2 is 1.62 bits per heavy atom. The highest BCUT2D eigenvalue weighted by Gasteiger charge is 2.23. The lowest BCUT2D eigenvalue weighted by Gasteiger charge is -2.19. The van der Waals surface area contributed by atoms with Gasteiger partial charge in [0.1, 0.15) is 12.6 Å². The Bertz CT molecular complexity index is 1090. The molecule has 0 fully saturated rings. The SMILES string of the molecule is O[C@H](C[NH2+]C[C@H](c1ccc(Cl)cc1Cl)c1c[nH]c2ccccc12)c1ccccc1. The molecule has 0 bridgehead atoms. The van der Waals surface area contributed by atoms with Crippen LogP contribution in [0, 0.1) is 0 Å². The molecule has 0 radical (unpaired) electrons. The predicted octanol–water partition coefficient (Wildman–Crippen LogP) is 4.90. The van der Waals surface area contributed by atoms with Crippen LogP contribution in [0.4, 0.5) is 0 Å². The predicted molar refractivity (Wildman–Crippen MR) is 120 cm³/mol. The summed E-state index contributed by atoms with van der Waals surface area (Å²) in [4.78, 5) is 3.36. The molecule has 3 nitrogen and oxygen atoms in total. The maximum atomic E-state index is 10.5. The van der Waals surface area contributed by atoms with E-state index in [-0.39, 0.29) is 5.92 Å². The molecule has 0 unspecified atom stereocenters. The van der Waals surface area contributed by atoms with Crippen LogP contribution in [0.25, 0.3) is 10.9 Å². The molecule has 4 N–H and O–H groups in total. The highest BCUT2D eigenvalue weighted by molar-refractivity contribution is 6.35. The van der Waals surface area contributed by atoms with Crippen LogP contribution in [-0.4, -0.2) is 23.2 Å². The Hall–Kier alpha value is -2.30. The fraction of sp³-hybridized carbons (Fsp3) is 0.167. The zero-order chi connectivity index (χ0) is 20.2. The number of benzene rings is 3. The van der Waals surface area contributed by atoms with Gasteiger partial charge in [0.05, 0.1) is 12.5 Å². The van der Waals surface area contributed by atoms with Crippen molar-refractivity contribution in [3.63, 3.8) is 0 Å². The second-order valence-electron chi connectivity index (χ2n) is 7.19. The molecule has 0 aliphatic rings. The molecule has 0 saturated heterocycles. The van der Waals surface area contributed by atoms with Crippen LogP contribution < -0.4 is 5.32 Å². The number of halogens is 2. The molecule has 1 aromatic heterocycles. The average molecular weight is 426 g/mol. The molecular weight excluding hydrogens is 403 g/mol. The number of hydrogen-bond acceptors (Lipinski definition) is 1. The quantitative estimate of drug-likeness (QED) is 0.387. The van der Waals surface area contributed by atoms with Crippen molar-refractivity contribution >= 4 is 34.1 Å². The molecule has 0 amide bonds. The van der Waals surface area contributed by atoms with Crippen LogP contribution in [0.15, 0.2) is 79.0 Å². The van der Waals surface area contributed by atoms with Crippen molar-refractivity contribution in [2.75, 3.05) is 13.1 Å². The zero-order valence-electron chi connectivity index (χ0n) is 15.9. The number of quaternary nitrogens is 1. The first-order chi connectivity index (χ1) is 14.1. The summed E-state index contributed by atoms with van der Waals surface area (Å²) in [7, 11) is 0. The lowest BCUT2D eigenvalue weighted by molar-refractivity contribution is -0.663. The molecule has 5 heteroatoms. The van der Waals surface area contributed by atoms with Gasteiger partial charge in [0.2, 0.25) is 0 Å². The molecule has 29 heavy (non-hydrogen) atoms. The molecule has 1 heterocycles. The van der Waals surface area contributed by atoms with Crippen LogP contribution in [0.3, 0.4) is 0 Å². The van der Waals surface area contributed by atoms with Crippen molar-refractivity contribution in [1.29, 1.82) is 0 Å². The average Bonchev–Trinajstić information content (AvgIpc) is 3.16. The summed E-state index contributed by atoms with van der Waals surface area (Å²) in [6.07, 6.45) is 1.54. The van der Waals surface area contributed by atoms with E-state index < -0.39 is 6.10 Å². The van der Waals surface area contributed by atoms with Crippen LogP contribution in [0.2, 0.25) is 10.0 Å². The number of aliphatic hydroxyl groups excluding tert-OH is 1. The molecule has 148 valence electrons. The van der Waals surface area contributed by atoms with E-state index in [0.29, 0.717) is 16.6 Å². The summed E-state index contributed by atoms with van der Waals surface area (Å²) in [6, 6.07) is 23.7. The van der Waals surface area contributed by atoms with Crippen molar-refractivity contribution in [1.82, 2.24) is 4.98 Å². The van der Waals surface area contributed by atoms with Gasteiger partial charge >= 0.3 is 0 Å². The van der Waals surface area contributed by atoms with E-state index in [9.17, 15) is 5.11 Å². The second-order valence-corrected chi connectivity index (χ2v) is 8.04. The largest absolute Gasteiger partial charge is 0.382 e. The van der Waals surface area contributed by atoms with Gasteiger partial charge in [-0.2, -0.15) is 0 Å². The topological polar surface area (TPSA) is 52.6 Å². The molecule has 0 saturated carbocycles. The first-order valence-corrected chi connectivity index (χ1v) is 10.4. The van der Waals surface area contributed by atoms with Gasteiger partial charge < -0.3 is 15.4 Å². The molecule has 0 aliphatic heterocycles. The van der Waals surface area contributed by atoms with Gasteiger partial charge in [-0.1, -0.05) is 77.8 Å². The van der Waals surface area contributed by atoms with Gasteiger partial charge in [0, 0.05) is 27.1 Å². The van der Waals surface area contributed by atoms with E-state index in [2.05, 4.69) is 28.6 Å².